The molecule has 0 radical (unpaired) electrons. The van der Waals surface area contributed by atoms with Gasteiger partial charge in [0.1, 0.15) is 0 Å². The minimum Gasteiger partial charge on any atom is -0.481 e. The first kappa shape index (κ1) is 24.0. The smallest absolute Gasteiger partial charge is 0.416 e. The van der Waals surface area contributed by atoms with E-state index < -0.39 is 35.0 Å². The number of carboxylic acids is 1. The number of aliphatic carboxylic acids is 1. The minimum absolute atomic E-state index is 0.0779. The van der Waals surface area contributed by atoms with Crippen molar-refractivity contribution in [3.05, 3.63) is 71.5 Å². The highest BCUT2D eigenvalue weighted by Gasteiger charge is 2.33. The molecule has 2 N–H and O–H groups in total. The maximum atomic E-state index is 13.1. The second-order valence-electron chi connectivity index (χ2n) is 8.00. The quantitative estimate of drug-likeness (QED) is 0.449. The Kier molecular flexibility index (Phi) is 6.76. The first-order valence-electron chi connectivity index (χ1n) is 10.6. The molecule has 11 heteroatoms. The maximum Gasteiger partial charge on any atom is 0.416 e. The lowest BCUT2D eigenvalue weighted by molar-refractivity contribution is -0.138. The van der Waals surface area contributed by atoms with Crippen LogP contribution in [-0.4, -0.2) is 29.6 Å². The molecule has 3 aromatic rings. The second-order valence-corrected chi connectivity index (χ2v) is 8.86. The van der Waals surface area contributed by atoms with Crippen LogP contribution in [0.1, 0.15) is 42.1 Å². The highest BCUT2D eigenvalue weighted by molar-refractivity contribution is 7.80. The van der Waals surface area contributed by atoms with Crippen molar-refractivity contribution in [2.75, 3.05) is 4.31 Å². The number of fused-ring (bicyclic) bond motifs is 1. The van der Waals surface area contributed by atoms with Crippen molar-refractivity contribution in [3.8, 4) is 11.1 Å². The number of alkyl halides is 3. The monoisotopic (exact) mass is 493 g/mol. The van der Waals surface area contributed by atoms with Crippen LogP contribution in [0.5, 0.6) is 0 Å². The van der Waals surface area contributed by atoms with Gasteiger partial charge in [-0.3, -0.25) is 18.3 Å². The lowest BCUT2D eigenvalue weighted by Crippen LogP contribution is -2.32. The SMILES string of the molecule is O=C(O)CCn1ncc2c1CCCC2N(c1ccc(-c2cccc(C(F)(F)F)c2)cc1)S(=O)O. The van der Waals surface area contributed by atoms with Crippen LogP contribution in [0, 0.1) is 0 Å². The number of hydrogen-bond acceptors (Lipinski definition) is 3. The van der Waals surface area contributed by atoms with Crippen LogP contribution >= 0.6 is 0 Å². The Morgan fingerprint density at radius 2 is 1.91 bits per heavy atom. The van der Waals surface area contributed by atoms with Crippen molar-refractivity contribution in [1.29, 1.82) is 0 Å². The molecular weight excluding hydrogens is 471 g/mol. The fraction of sp³-hybridized carbons (Fsp3) is 0.304. The van der Waals surface area contributed by atoms with Crippen LogP contribution < -0.4 is 4.31 Å². The highest BCUT2D eigenvalue weighted by atomic mass is 32.2. The number of benzene rings is 2. The Balaban J connectivity index is 1.63. The van der Waals surface area contributed by atoms with E-state index in [2.05, 4.69) is 5.10 Å². The number of carbonyl (C=O) groups is 1. The Hall–Kier alpha value is -3.18. The summed E-state index contributed by atoms with van der Waals surface area (Å²) >= 11 is -2.37. The molecule has 4 rings (SSSR count). The highest BCUT2D eigenvalue weighted by Crippen LogP contribution is 2.39. The molecule has 0 amide bonds. The maximum absolute atomic E-state index is 13.1. The van der Waals surface area contributed by atoms with Gasteiger partial charge in [-0.15, -0.1) is 0 Å². The molecular formula is C23H22F3N3O4S. The summed E-state index contributed by atoms with van der Waals surface area (Å²) in [6.45, 7) is 0.214. The van der Waals surface area contributed by atoms with Crippen molar-refractivity contribution in [3.63, 3.8) is 0 Å². The Morgan fingerprint density at radius 1 is 1.18 bits per heavy atom. The lowest BCUT2D eigenvalue weighted by Gasteiger charge is -2.33. The molecule has 1 aliphatic carbocycles. The Labute approximate surface area is 196 Å². The number of aromatic nitrogens is 2. The Bertz CT molecular complexity index is 1210. The van der Waals surface area contributed by atoms with Gasteiger partial charge in [0.2, 0.25) is 0 Å². The molecule has 2 unspecified atom stereocenters. The van der Waals surface area contributed by atoms with Crippen LogP contribution in [0.2, 0.25) is 0 Å². The largest absolute Gasteiger partial charge is 0.481 e. The number of halogens is 3. The number of hydrogen-bond donors (Lipinski definition) is 2. The summed E-state index contributed by atoms with van der Waals surface area (Å²) in [5, 5.41) is 13.3. The summed E-state index contributed by atoms with van der Waals surface area (Å²) in [6, 6.07) is 11.0. The number of rotatable bonds is 7. The van der Waals surface area contributed by atoms with E-state index in [1.807, 2.05) is 0 Å². The standard InChI is InChI=1S/C23H22F3N3O4S/c24-23(25,26)17-4-1-3-16(13-17)15-7-9-18(10-8-15)29(34(32)33)21-6-2-5-20-19(21)14-27-28(20)12-11-22(30)31/h1,3-4,7-10,13-14,21H,2,5-6,11-12H2,(H,30,31)(H,32,33). The van der Waals surface area contributed by atoms with E-state index in [9.17, 15) is 26.7 Å². The number of carboxylic acid groups (broad SMARTS) is 1. The first-order chi connectivity index (χ1) is 16.1. The molecule has 1 aliphatic rings. The molecule has 180 valence electrons. The van der Waals surface area contributed by atoms with Gasteiger partial charge in [0.15, 0.2) is 0 Å². The average Bonchev–Trinajstić information content (AvgIpc) is 3.21. The van der Waals surface area contributed by atoms with E-state index in [1.54, 1.807) is 41.2 Å². The zero-order chi connectivity index (χ0) is 24.5. The van der Waals surface area contributed by atoms with E-state index in [4.69, 9.17) is 5.11 Å². The van der Waals surface area contributed by atoms with Crippen molar-refractivity contribution in [1.82, 2.24) is 9.78 Å². The molecule has 2 atom stereocenters. The third kappa shape index (κ3) is 5.00. The Morgan fingerprint density at radius 3 is 2.56 bits per heavy atom. The normalized spacial score (nSPS) is 16.6. The summed E-state index contributed by atoms with van der Waals surface area (Å²) in [6.07, 6.45) is -0.908. The molecule has 0 aliphatic heterocycles. The lowest BCUT2D eigenvalue weighted by atomic mass is 9.92. The van der Waals surface area contributed by atoms with Crippen LogP contribution in [-0.2, 0) is 35.2 Å². The van der Waals surface area contributed by atoms with Gasteiger partial charge in [-0.2, -0.15) is 18.3 Å². The van der Waals surface area contributed by atoms with Gasteiger partial charge in [0.05, 0.1) is 36.5 Å². The molecule has 0 saturated heterocycles. The molecule has 0 fully saturated rings. The fourth-order valence-corrected chi connectivity index (χ4v) is 5.03. The number of aryl methyl sites for hydroxylation is 1. The predicted octanol–water partition coefficient (Wildman–Crippen LogP) is 5.06. The summed E-state index contributed by atoms with van der Waals surface area (Å²) in [5.74, 6) is -0.935. The molecule has 1 aromatic heterocycles. The van der Waals surface area contributed by atoms with Gasteiger partial charge in [-0.05, 0) is 54.7 Å². The van der Waals surface area contributed by atoms with E-state index in [1.165, 1.54) is 10.4 Å². The van der Waals surface area contributed by atoms with Gasteiger partial charge in [-0.1, -0.05) is 24.3 Å². The summed E-state index contributed by atoms with van der Waals surface area (Å²) in [4.78, 5) is 10.9. The van der Waals surface area contributed by atoms with Crippen molar-refractivity contribution in [2.24, 2.45) is 0 Å². The molecule has 34 heavy (non-hydrogen) atoms. The molecule has 1 heterocycles. The zero-order valence-corrected chi connectivity index (χ0v) is 18.7. The number of anilines is 1. The van der Waals surface area contributed by atoms with Gasteiger partial charge in [-0.25, -0.2) is 4.21 Å². The molecule has 7 nitrogen and oxygen atoms in total. The molecule has 0 saturated carbocycles. The molecule has 2 aromatic carbocycles. The molecule has 0 bridgehead atoms. The third-order valence-corrected chi connectivity index (χ3v) is 6.67. The van der Waals surface area contributed by atoms with Crippen LogP contribution in [0.25, 0.3) is 11.1 Å². The summed E-state index contributed by atoms with van der Waals surface area (Å²) in [7, 11) is 0. The summed E-state index contributed by atoms with van der Waals surface area (Å²) < 4.78 is 64.6. The van der Waals surface area contributed by atoms with Crippen LogP contribution in [0.3, 0.4) is 0 Å². The van der Waals surface area contributed by atoms with Crippen LogP contribution in [0.4, 0.5) is 18.9 Å². The average molecular weight is 494 g/mol. The van der Waals surface area contributed by atoms with Gasteiger partial charge < -0.3 is 5.11 Å². The van der Waals surface area contributed by atoms with E-state index in [0.29, 0.717) is 29.7 Å². The van der Waals surface area contributed by atoms with E-state index in [0.717, 1.165) is 29.8 Å². The molecule has 0 spiro atoms. The number of nitrogens with zero attached hydrogens (tertiary/aromatic N) is 3. The van der Waals surface area contributed by atoms with Crippen LogP contribution in [0.15, 0.2) is 54.7 Å². The van der Waals surface area contributed by atoms with E-state index in [-0.39, 0.29) is 13.0 Å². The first-order valence-corrected chi connectivity index (χ1v) is 11.7. The second kappa shape index (κ2) is 9.59. The fourth-order valence-electron chi connectivity index (χ4n) is 4.29. The minimum atomic E-state index is -4.45. The van der Waals surface area contributed by atoms with Crippen molar-refractivity contribution in [2.45, 2.75) is 44.4 Å². The third-order valence-electron chi connectivity index (χ3n) is 5.86. The van der Waals surface area contributed by atoms with Gasteiger partial charge in [0.25, 0.3) is 11.3 Å². The summed E-state index contributed by atoms with van der Waals surface area (Å²) in [5.41, 5.74) is 2.23. The van der Waals surface area contributed by atoms with Gasteiger partial charge in [0, 0.05) is 11.3 Å². The zero-order valence-electron chi connectivity index (χ0n) is 17.9. The van der Waals surface area contributed by atoms with E-state index >= 15 is 0 Å². The topological polar surface area (TPSA) is 95.7 Å². The van der Waals surface area contributed by atoms with Crippen molar-refractivity contribution < 1.29 is 31.8 Å². The van der Waals surface area contributed by atoms with Crippen molar-refractivity contribution >= 4 is 22.9 Å². The predicted molar refractivity (Wildman–Crippen MR) is 120 cm³/mol. The van der Waals surface area contributed by atoms with Gasteiger partial charge >= 0.3 is 12.1 Å².